The van der Waals surface area contributed by atoms with Gasteiger partial charge in [0.15, 0.2) is 0 Å². The molecule has 3 rings (SSSR count). The molecule has 0 aromatic carbocycles. The lowest BCUT2D eigenvalue weighted by molar-refractivity contribution is -0.120. The summed E-state index contributed by atoms with van der Waals surface area (Å²) in [6.07, 6.45) is 3.21. The zero-order valence-corrected chi connectivity index (χ0v) is 11.3. The van der Waals surface area contributed by atoms with Crippen LogP contribution in [0.5, 0.6) is 0 Å². The second-order valence-electron chi connectivity index (χ2n) is 4.61. The molecule has 2 aromatic rings. The molecule has 1 fully saturated rings. The van der Waals surface area contributed by atoms with Crippen molar-refractivity contribution in [2.75, 3.05) is 0 Å². The number of rotatable bonds is 3. The van der Waals surface area contributed by atoms with Crippen LogP contribution < -0.4 is 16.2 Å². The zero-order chi connectivity index (χ0) is 14.1. The van der Waals surface area contributed by atoms with Gasteiger partial charge in [-0.2, -0.15) is 0 Å². The van der Waals surface area contributed by atoms with Crippen LogP contribution in [0.2, 0.25) is 0 Å². The Kier molecular flexibility index (Phi) is 3.23. The highest BCUT2D eigenvalue weighted by atomic mass is 32.1. The molecule has 3 amide bonds. The standard InChI is InChI=1S/C12H12N4O3S/c17-9(15-12(19)14-7-1-2-7)5-16-6-13-10-8(11(16)18)3-4-20-10/h3-4,6-7H,1-2,5H2,(H2,14,15,17,19). The number of nitrogens with zero attached hydrogens (tertiary/aromatic N) is 2. The minimum atomic E-state index is -0.540. The van der Waals surface area contributed by atoms with E-state index in [4.69, 9.17) is 0 Å². The molecule has 2 aromatic heterocycles. The van der Waals surface area contributed by atoms with Gasteiger partial charge in [0, 0.05) is 6.04 Å². The smallest absolute Gasteiger partial charge is 0.321 e. The first kappa shape index (κ1) is 12.8. The van der Waals surface area contributed by atoms with Crippen molar-refractivity contribution < 1.29 is 9.59 Å². The van der Waals surface area contributed by atoms with E-state index in [0.29, 0.717) is 10.2 Å². The molecule has 0 bridgehead atoms. The molecule has 1 saturated carbocycles. The SMILES string of the molecule is O=C(Cn1cnc2sccc2c1=O)NC(=O)NC1CC1. The first-order chi connectivity index (χ1) is 9.63. The minimum Gasteiger partial charge on any atom is -0.335 e. The monoisotopic (exact) mass is 292 g/mol. The van der Waals surface area contributed by atoms with E-state index in [2.05, 4.69) is 15.6 Å². The molecule has 0 aliphatic heterocycles. The molecule has 0 unspecified atom stereocenters. The normalized spacial score (nSPS) is 14.2. The van der Waals surface area contributed by atoms with Gasteiger partial charge in [-0.3, -0.25) is 19.5 Å². The van der Waals surface area contributed by atoms with E-state index in [1.807, 2.05) is 0 Å². The van der Waals surface area contributed by atoms with Gasteiger partial charge in [0.2, 0.25) is 5.91 Å². The van der Waals surface area contributed by atoms with Crippen molar-refractivity contribution in [2.24, 2.45) is 0 Å². The van der Waals surface area contributed by atoms with Crippen molar-refractivity contribution in [3.8, 4) is 0 Å². The van der Waals surface area contributed by atoms with E-state index < -0.39 is 11.9 Å². The molecule has 7 nitrogen and oxygen atoms in total. The van der Waals surface area contributed by atoms with Crippen molar-refractivity contribution in [3.63, 3.8) is 0 Å². The fraction of sp³-hybridized carbons (Fsp3) is 0.333. The molecule has 0 radical (unpaired) electrons. The lowest BCUT2D eigenvalue weighted by atomic mass is 10.4. The van der Waals surface area contributed by atoms with Crippen LogP contribution in [-0.4, -0.2) is 27.5 Å². The first-order valence-electron chi connectivity index (χ1n) is 6.16. The zero-order valence-electron chi connectivity index (χ0n) is 10.5. The second-order valence-corrected chi connectivity index (χ2v) is 5.51. The van der Waals surface area contributed by atoms with Crippen molar-refractivity contribution in [2.45, 2.75) is 25.4 Å². The van der Waals surface area contributed by atoms with E-state index >= 15 is 0 Å². The summed E-state index contributed by atoms with van der Waals surface area (Å²) in [5, 5.41) is 7.08. The van der Waals surface area contributed by atoms with Crippen molar-refractivity contribution >= 4 is 33.5 Å². The lowest BCUT2D eigenvalue weighted by Gasteiger charge is -2.07. The highest BCUT2D eigenvalue weighted by molar-refractivity contribution is 7.16. The summed E-state index contributed by atoms with van der Waals surface area (Å²) in [5.41, 5.74) is -0.283. The third-order valence-electron chi connectivity index (χ3n) is 2.93. The Morgan fingerprint density at radius 3 is 3.00 bits per heavy atom. The van der Waals surface area contributed by atoms with E-state index in [1.54, 1.807) is 11.4 Å². The third kappa shape index (κ3) is 2.69. The van der Waals surface area contributed by atoms with E-state index in [0.717, 1.165) is 12.8 Å². The maximum Gasteiger partial charge on any atom is 0.321 e. The summed E-state index contributed by atoms with van der Waals surface area (Å²) in [4.78, 5) is 39.9. The molecule has 20 heavy (non-hydrogen) atoms. The van der Waals surface area contributed by atoms with E-state index in [-0.39, 0.29) is 18.1 Å². The molecule has 2 heterocycles. The maximum absolute atomic E-state index is 12.0. The van der Waals surface area contributed by atoms with Gasteiger partial charge >= 0.3 is 6.03 Å². The third-order valence-corrected chi connectivity index (χ3v) is 3.75. The van der Waals surface area contributed by atoms with Crippen molar-refractivity contribution in [1.29, 1.82) is 0 Å². The molecular weight excluding hydrogens is 280 g/mol. The van der Waals surface area contributed by atoms with Crippen LogP contribution in [0, 0.1) is 0 Å². The van der Waals surface area contributed by atoms with Crippen molar-refractivity contribution in [3.05, 3.63) is 28.1 Å². The highest BCUT2D eigenvalue weighted by Crippen LogP contribution is 2.18. The summed E-state index contributed by atoms with van der Waals surface area (Å²) in [6, 6.07) is 1.33. The number of imide groups is 1. The van der Waals surface area contributed by atoms with Gasteiger partial charge in [-0.1, -0.05) is 0 Å². The lowest BCUT2D eigenvalue weighted by Crippen LogP contribution is -2.42. The summed E-state index contributed by atoms with van der Waals surface area (Å²) in [6.45, 7) is -0.226. The number of nitrogens with one attached hydrogen (secondary N) is 2. The quantitative estimate of drug-likeness (QED) is 0.858. The molecule has 0 atom stereocenters. The number of carbonyl (C=O) groups is 2. The average molecular weight is 292 g/mol. The molecule has 1 aliphatic carbocycles. The number of carbonyl (C=O) groups excluding carboxylic acids is 2. The molecule has 1 aliphatic rings. The summed E-state index contributed by atoms with van der Waals surface area (Å²) in [7, 11) is 0. The summed E-state index contributed by atoms with van der Waals surface area (Å²) in [5.74, 6) is -0.540. The van der Waals surface area contributed by atoms with Gasteiger partial charge < -0.3 is 5.32 Å². The van der Waals surface area contributed by atoms with Crippen LogP contribution in [0.1, 0.15) is 12.8 Å². The van der Waals surface area contributed by atoms with Crippen LogP contribution in [0.15, 0.2) is 22.6 Å². The topological polar surface area (TPSA) is 93.1 Å². The number of thiophene rings is 1. The Hall–Kier alpha value is -2.22. The summed E-state index contributed by atoms with van der Waals surface area (Å²) < 4.78 is 1.19. The Morgan fingerprint density at radius 2 is 2.25 bits per heavy atom. The van der Waals surface area contributed by atoms with Crippen LogP contribution in [-0.2, 0) is 11.3 Å². The molecule has 104 valence electrons. The van der Waals surface area contributed by atoms with E-state index in [9.17, 15) is 14.4 Å². The largest absolute Gasteiger partial charge is 0.335 e. The first-order valence-corrected chi connectivity index (χ1v) is 7.04. The van der Waals surface area contributed by atoms with Crippen LogP contribution in [0.25, 0.3) is 10.2 Å². The van der Waals surface area contributed by atoms with Gasteiger partial charge in [0.25, 0.3) is 5.56 Å². The van der Waals surface area contributed by atoms with E-state index in [1.165, 1.54) is 22.2 Å². The molecule has 0 saturated heterocycles. The number of urea groups is 1. The average Bonchev–Trinajstić information content (AvgIpc) is 3.06. The number of amides is 3. The van der Waals surface area contributed by atoms with Crippen LogP contribution in [0.4, 0.5) is 4.79 Å². The van der Waals surface area contributed by atoms with Crippen molar-refractivity contribution in [1.82, 2.24) is 20.2 Å². The van der Waals surface area contributed by atoms with Gasteiger partial charge in [0.05, 0.1) is 11.7 Å². The fourth-order valence-electron chi connectivity index (χ4n) is 1.78. The molecule has 2 N–H and O–H groups in total. The fourth-order valence-corrected chi connectivity index (χ4v) is 2.50. The van der Waals surface area contributed by atoms with Gasteiger partial charge in [-0.25, -0.2) is 9.78 Å². The molecule has 8 heteroatoms. The highest BCUT2D eigenvalue weighted by Gasteiger charge is 2.24. The van der Waals surface area contributed by atoms with Gasteiger partial charge in [-0.15, -0.1) is 11.3 Å². The Labute approximate surface area is 117 Å². The maximum atomic E-state index is 12.0. The van der Waals surface area contributed by atoms with Crippen LogP contribution >= 0.6 is 11.3 Å². The van der Waals surface area contributed by atoms with Gasteiger partial charge in [0.1, 0.15) is 11.4 Å². The number of hydrogen-bond donors (Lipinski definition) is 2. The Balaban J connectivity index is 1.68. The minimum absolute atomic E-state index is 0.175. The number of hydrogen-bond acceptors (Lipinski definition) is 5. The molecule has 0 spiro atoms. The Morgan fingerprint density at radius 1 is 1.45 bits per heavy atom. The number of fused-ring (bicyclic) bond motifs is 1. The van der Waals surface area contributed by atoms with Crippen LogP contribution in [0.3, 0.4) is 0 Å². The number of aromatic nitrogens is 2. The predicted molar refractivity (Wildman–Crippen MR) is 73.6 cm³/mol. The summed E-state index contributed by atoms with van der Waals surface area (Å²) >= 11 is 1.36. The second kappa shape index (κ2) is 5.04. The van der Waals surface area contributed by atoms with Gasteiger partial charge in [-0.05, 0) is 24.3 Å². The molecular formula is C12H12N4O3S. The predicted octanol–water partition coefficient (Wildman–Crippen LogP) is 0.446. The Bertz CT molecular complexity index is 732.